The second-order valence-corrected chi connectivity index (χ2v) is 7.37. The molecule has 1 nitrogen and oxygen atoms in total. The maximum absolute atomic E-state index is 3.74. The number of aryl methyl sites for hydroxylation is 1. The lowest BCUT2D eigenvalue weighted by molar-refractivity contribution is 0.532. The molecule has 2 rings (SSSR count). The molecule has 100 valence electrons. The molecule has 1 saturated carbocycles. The van der Waals surface area contributed by atoms with Gasteiger partial charge in [-0.15, -0.1) is 0 Å². The van der Waals surface area contributed by atoms with Crippen molar-refractivity contribution in [1.29, 1.82) is 0 Å². The van der Waals surface area contributed by atoms with E-state index in [4.69, 9.17) is 0 Å². The van der Waals surface area contributed by atoms with Gasteiger partial charge in [-0.3, -0.25) is 0 Å². The van der Waals surface area contributed by atoms with Crippen LogP contribution in [0.5, 0.6) is 0 Å². The van der Waals surface area contributed by atoms with Crippen LogP contribution in [0.4, 0.5) is 0 Å². The zero-order valence-electron chi connectivity index (χ0n) is 11.2. The highest BCUT2D eigenvalue weighted by molar-refractivity contribution is 9.10. The second-order valence-electron chi connectivity index (χ2n) is 5.00. The van der Waals surface area contributed by atoms with Gasteiger partial charge < -0.3 is 5.32 Å². The molecule has 1 N–H and O–H groups in total. The van der Waals surface area contributed by atoms with Crippen molar-refractivity contribution >= 4 is 27.7 Å². The Morgan fingerprint density at radius 3 is 2.94 bits per heavy atom. The molecule has 0 heterocycles. The Kier molecular flexibility index (Phi) is 5.58. The molecule has 18 heavy (non-hydrogen) atoms. The largest absolute Gasteiger partial charge is 0.309 e. The standard InChI is InChI=1S/C15H22BrNS/c1-3-18-15-6-4-5-14(15)17-10-12-7-8-13(16)11(2)9-12/h7-9,14-15,17H,3-6,10H2,1-2H3. The van der Waals surface area contributed by atoms with E-state index in [9.17, 15) is 0 Å². The minimum atomic E-state index is 0.707. The maximum atomic E-state index is 3.74. The molecule has 2 atom stereocenters. The molecule has 3 heteroatoms. The molecule has 1 fully saturated rings. The van der Waals surface area contributed by atoms with Crippen molar-refractivity contribution in [2.45, 2.75) is 50.9 Å². The molecular weight excluding hydrogens is 306 g/mol. The van der Waals surface area contributed by atoms with E-state index in [2.05, 4.69) is 65.1 Å². The first-order valence-electron chi connectivity index (χ1n) is 6.80. The number of thioether (sulfide) groups is 1. The molecule has 0 spiro atoms. The summed E-state index contributed by atoms with van der Waals surface area (Å²) in [5.74, 6) is 1.24. The highest BCUT2D eigenvalue weighted by Gasteiger charge is 2.26. The van der Waals surface area contributed by atoms with Gasteiger partial charge in [0, 0.05) is 22.3 Å². The quantitative estimate of drug-likeness (QED) is 0.853. The summed E-state index contributed by atoms with van der Waals surface area (Å²) in [4.78, 5) is 0. The molecule has 0 amide bonds. The van der Waals surface area contributed by atoms with Crippen LogP contribution in [-0.2, 0) is 6.54 Å². The molecule has 1 aromatic rings. The summed E-state index contributed by atoms with van der Waals surface area (Å²) >= 11 is 5.67. The number of benzene rings is 1. The number of halogens is 1. The fraction of sp³-hybridized carbons (Fsp3) is 0.600. The van der Waals surface area contributed by atoms with Gasteiger partial charge in [0.25, 0.3) is 0 Å². The lowest BCUT2D eigenvalue weighted by Crippen LogP contribution is -2.33. The fourth-order valence-electron chi connectivity index (χ4n) is 2.64. The SMILES string of the molecule is CCSC1CCCC1NCc1ccc(Br)c(C)c1. The normalized spacial score (nSPS) is 23.5. The van der Waals surface area contributed by atoms with E-state index in [-0.39, 0.29) is 0 Å². The van der Waals surface area contributed by atoms with Crippen LogP contribution in [-0.4, -0.2) is 17.0 Å². The lowest BCUT2D eigenvalue weighted by Gasteiger charge is -2.20. The van der Waals surface area contributed by atoms with Crippen molar-refractivity contribution in [3.05, 3.63) is 33.8 Å². The minimum absolute atomic E-state index is 0.707. The lowest BCUT2D eigenvalue weighted by atomic mass is 10.1. The number of hydrogen-bond acceptors (Lipinski definition) is 2. The molecule has 0 aromatic heterocycles. The monoisotopic (exact) mass is 327 g/mol. The van der Waals surface area contributed by atoms with E-state index in [1.165, 1.54) is 40.6 Å². The summed E-state index contributed by atoms with van der Waals surface area (Å²) < 4.78 is 1.20. The summed E-state index contributed by atoms with van der Waals surface area (Å²) in [6, 6.07) is 7.34. The van der Waals surface area contributed by atoms with Gasteiger partial charge >= 0.3 is 0 Å². The zero-order chi connectivity index (χ0) is 13.0. The van der Waals surface area contributed by atoms with Crippen LogP contribution in [0, 0.1) is 6.92 Å². The average Bonchev–Trinajstić information content (AvgIpc) is 2.79. The summed E-state index contributed by atoms with van der Waals surface area (Å²) in [6.45, 7) is 5.41. The first kappa shape index (κ1) is 14.4. The van der Waals surface area contributed by atoms with E-state index in [0.717, 1.165) is 11.8 Å². The van der Waals surface area contributed by atoms with Crippen molar-refractivity contribution in [3.63, 3.8) is 0 Å². The Morgan fingerprint density at radius 1 is 1.39 bits per heavy atom. The fourth-order valence-corrected chi connectivity index (χ4v) is 4.11. The summed E-state index contributed by atoms with van der Waals surface area (Å²) in [5, 5.41) is 4.57. The van der Waals surface area contributed by atoms with Gasteiger partial charge in [0.05, 0.1) is 0 Å². The average molecular weight is 328 g/mol. The molecule has 1 aliphatic carbocycles. The van der Waals surface area contributed by atoms with E-state index < -0.39 is 0 Å². The predicted octanol–water partition coefficient (Wildman–Crippen LogP) is 4.52. The van der Waals surface area contributed by atoms with Crippen LogP contribution in [0.1, 0.15) is 37.3 Å². The molecule has 1 aliphatic rings. The Balaban J connectivity index is 1.88. The van der Waals surface area contributed by atoms with Gasteiger partial charge in [0.2, 0.25) is 0 Å². The summed E-state index contributed by atoms with van der Waals surface area (Å²) in [6.07, 6.45) is 4.11. The third-order valence-electron chi connectivity index (χ3n) is 3.62. The van der Waals surface area contributed by atoms with Gasteiger partial charge in [0.15, 0.2) is 0 Å². The molecular formula is C15H22BrNS. The van der Waals surface area contributed by atoms with Crippen molar-refractivity contribution in [1.82, 2.24) is 5.32 Å². The third kappa shape index (κ3) is 3.75. The Morgan fingerprint density at radius 2 is 2.22 bits per heavy atom. The third-order valence-corrected chi connectivity index (χ3v) is 5.84. The van der Waals surface area contributed by atoms with Crippen LogP contribution in [0.2, 0.25) is 0 Å². The number of nitrogens with one attached hydrogen (secondary N) is 1. The van der Waals surface area contributed by atoms with Crippen LogP contribution in [0.15, 0.2) is 22.7 Å². The maximum Gasteiger partial charge on any atom is 0.0208 e. The van der Waals surface area contributed by atoms with E-state index in [1.54, 1.807) is 0 Å². The Hall–Kier alpha value is 0.01000. The highest BCUT2D eigenvalue weighted by Crippen LogP contribution is 2.30. The molecule has 1 aromatic carbocycles. The molecule has 2 unspecified atom stereocenters. The van der Waals surface area contributed by atoms with Crippen molar-refractivity contribution in [2.75, 3.05) is 5.75 Å². The van der Waals surface area contributed by atoms with Gasteiger partial charge in [0.1, 0.15) is 0 Å². The van der Waals surface area contributed by atoms with Crippen LogP contribution in [0.3, 0.4) is 0 Å². The van der Waals surface area contributed by atoms with E-state index in [1.807, 2.05) is 0 Å². The van der Waals surface area contributed by atoms with Crippen molar-refractivity contribution < 1.29 is 0 Å². The number of hydrogen-bond donors (Lipinski definition) is 1. The minimum Gasteiger partial charge on any atom is -0.309 e. The molecule has 0 bridgehead atoms. The molecule has 0 aliphatic heterocycles. The van der Waals surface area contributed by atoms with Gasteiger partial charge in [-0.2, -0.15) is 11.8 Å². The molecule has 0 radical (unpaired) electrons. The van der Waals surface area contributed by atoms with Crippen LogP contribution < -0.4 is 5.32 Å². The first-order valence-corrected chi connectivity index (χ1v) is 8.65. The summed E-state index contributed by atoms with van der Waals surface area (Å²) in [5.41, 5.74) is 2.71. The van der Waals surface area contributed by atoms with Crippen LogP contribution >= 0.6 is 27.7 Å². The second kappa shape index (κ2) is 6.97. The molecule has 0 saturated heterocycles. The van der Waals surface area contributed by atoms with Crippen LogP contribution in [0.25, 0.3) is 0 Å². The van der Waals surface area contributed by atoms with Crippen molar-refractivity contribution in [2.24, 2.45) is 0 Å². The Bertz CT molecular complexity index is 394. The number of rotatable bonds is 5. The highest BCUT2D eigenvalue weighted by atomic mass is 79.9. The smallest absolute Gasteiger partial charge is 0.0208 e. The Labute approximate surface area is 123 Å². The van der Waals surface area contributed by atoms with Crippen molar-refractivity contribution in [3.8, 4) is 0 Å². The first-order chi connectivity index (χ1) is 8.70. The van der Waals surface area contributed by atoms with Gasteiger partial charge in [-0.1, -0.05) is 41.4 Å². The predicted molar refractivity (Wildman–Crippen MR) is 85.3 cm³/mol. The topological polar surface area (TPSA) is 12.0 Å². The van der Waals surface area contributed by atoms with E-state index >= 15 is 0 Å². The van der Waals surface area contributed by atoms with Gasteiger partial charge in [-0.25, -0.2) is 0 Å². The zero-order valence-corrected chi connectivity index (χ0v) is 13.6. The van der Waals surface area contributed by atoms with Gasteiger partial charge in [-0.05, 0) is 42.7 Å². The summed E-state index contributed by atoms with van der Waals surface area (Å²) in [7, 11) is 0. The van der Waals surface area contributed by atoms with E-state index in [0.29, 0.717) is 6.04 Å².